The summed E-state index contributed by atoms with van der Waals surface area (Å²) in [5.41, 5.74) is 6.05. The van der Waals surface area contributed by atoms with Gasteiger partial charge in [-0.3, -0.25) is 4.79 Å². The molecule has 0 aliphatic rings. The topological polar surface area (TPSA) is 64.3 Å². The molecule has 1 amide bonds. The summed E-state index contributed by atoms with van der Waals surface area (Å²) in [6.07, 6.45) is -4.46. The average molecular weight is 352 g/mol. The van der Waals surface area contributed by atoms with E-state index >= 15 is 0 Å². The molecule has 4 nitrogen and oxygen atoms in total. The Kier molecular flexibility index (Phi) is 6.17. The standard InChI is InChI=1S/C18H19F3N2O2/c1-25-11-15(13-8-5-9-14(10-13)18(19,20)21)23-17(24)16(22)12-6-3-2-4-7-12/h2-10,15-16H,11,22H2,1H3,(H,23,24)/t15-,16-/m0/s1. The number of methoxy groups -OCH3 is 1. The Morgan fingerprint density at radius 1 is 1.12 bits per heavy atom. The van der Waals surface area contributed by atoms with Gasteiger partial charge in [-0.2, -0.15) is 13.2 Å². The van der Waals surface area contributed by atoms with Crippen LogP contribution in [0.15, 0.2) is 54.6 Å². The summed E-state index contributed by atoms with van der Waals surface area (Å²) in [4.78, 5) is 12.4. The van der Waals surface area contributed by atoms with Crippen molar-refractivity contribution in [3.8, 4) is 0 Å². The van der Waals surface area contributed by atoms with Crippen LogP contribution in [0.1, 0.15) is 28.8 Å². The quantitative estimate of drug-likeness (QED) is 0.839. The molecule has 0 saturated heterocycles. The van der Waals surface area contributed by atoms with E-state index in [1.54, 1.807) is 30.3 Å². The minimum Gasteiger partial charge on any atom is -0.382 e. The van der Waals surface area contributed by atoms with E-state index in [1.807, 2.05) is 0 Å². The van der Waals surface area contributed by atoms with Gasteiger partial charge in [-0.1, -0.05) is 42.5 Å². The van der Waals surface area contributed by atoms with E-state index in [-0.39, 0.29) is 6.61 Å². The number of amides is 1. The predicted octanol–water partition coefficient (Wildman–Crippen LogP) is 3.21. The van der Waals surface area contributed by atoms with Gasteiger partial charge in [0.05, 0.1) is 18.2 Å². The van der Waals surface area contributed by atoms with Gasteiger partial charge in [0, 0.05) is 7.11 Å². The SMILES string of the molecule is COC[C@H](NC(=O)[C@@H](N)c1ccccc1)c1cccc(C(F)(F)F)c1. The zero-order valence-corrected chi connectivity index (χ0v) is 13.6. The molecule has 25 heavy (non-hydrogen) atoms. The van der Waals surface area contributed by atoms with Gasteiger partial charge in [0.15, 0.2) is 0 Å². The molecule has 2 aromatic rings. The van der Waals surface area contributed by atoms with Gasteiger partial charge in [0.25, 0.3) is 0 Å². The molecule has 0 radical (unpaired) electrons. The van der Waals surface area contributed by atoms with Gasteiger partial charge in [-0.05, 0) is 23.3 Å². The Morgan fingerprint density at radius 2 is 1.76 bits per heavy atom. The lowest BCUT2D eigenvalue weighted by Gasteiger charge is -2.22. The Morgan fingerprint density at radius 3 is 2.36 bits per heavy atom. The van der Waals surface area contributed by atoms with Crippen molar-refractivity contribution in [3.63, 3.8) is 0 Å². The highest BCUT2D eigenvalue weighted by Gasteiger charge is 2.31. The first-order valence-electron chi connectivity index (χ1n) is 7.60. The van der Waals surface area contributed by atoms with E-state index in [0.29, 0.717) is 11.1 Å². The summed E-state index contributed by atoms with van der Waals surface area (Å²) in [5, 5.41) is 2.65. The lowest BCUT2D eigenvalue weighted by molar-refractivity contribution is -0.137. The molecular weight excluding hydrogens is 333 g/mol. The molecule has 0 unspecified atom stereocenters. The third-order valence-electron chi connectivity index (χ3n) is 3.71. The van der Waals surface area contributed by atoms with Gasteiger partial charge in [-0.15, -0.1) is 0 Å². The van der Waals surface area contributed by atoms with Crippen LogP contribution in [0.3, 0.4) is 0 Å². The lowest BCUT2D eigenvalue weighted by atomic mass is 10.0. The molecule has 0 spiro atoms. The maximum absolute atomic E-state index is 12.9. The molecular formula is C18H19F3N2O2. The van der Waals surface area contributed by atoms with Crippen LogP contribution in [-0.4, -0.2) is 19.6 Å². The Hall–Kier alpha value is -2.38. The van der Waals surface area contributed by atoms with Crippen LogP contribution in [-0.2, 0) is 15.7 Å². The normalized spacial score (nSPS) is 14.0. The molecule has 134 valence electrons. The molecule has 7 heteroatoms. The first kappa shape index (κ1) is 19.0. The van der Waals surface area contributed by atoms with Crippen molar-refractivity contribution in [2.45, 2.75) is 18.3 Å². The van der Waals surface area contributed by atoms with Gasteiger partial charge in [0.1, 0.15) is 6.04 Å². The molecule has 0 heterocycles. The van der Waals surface area contributed by atoms with Crippen LogP contribution in [0.25, 0.3) is 0 Å². The fourth-order valence-electron chi connectivity index (χ4n) is 2.39. The fraction of sp³-hybridized carbons (Fsp3) is 0.278. The van der Waals surface area contributed by atoms with Gasteiger partial charge in [0.2, 0.25) is 5.91 Å². The lowest BCUT2D eigenvalue weighted by Crippen LogP contribution is -2.38. The number of nitrogens with two attached hydrogens (primary N) is 1. The smallest absolute Gasteiger partial charge is 0.382 e. The van der Waals surface area contributed by atoms with E-state index < -0.39 is 29.7 Å². The number of alkyl halides is 3. The van der Waals surface area contributed by atoms with Crippen molar-refractivity contribution >= 4 is 5.91 Å². The minimum atomic E-state index is -4.46. The Bertz CT molecular complexity index is 705. The molecule has 0 fully saturated rings. The summed E-state index contributed by atoms with van der Waals surface area (Å²) in [5.74, 6) is -0.495. The first-order valence-corrected chi connectivity index (χ1v) is 7.60. The van der Waals surface area contributed by atoms with Crippen LogP contribution in [0.5, 0.6) is 0 Å². The highest BCUT2D eigenvalue weighted by Crippen LogP contribution is 2.31. The molecule has 3 N–H and O–H groups in total. The van der Waals surface area contributed by atoms with E-state index in [9.17, 15) is 18.0 Å². The maximum atomic E-state index is 12.9. The number of hydrogen-bond donors (Lipinski definition) is 2. The zero-order valence-electron chi connectivity index (χ0n) is 13.6. The van der Waals surface area contributed by atoms with E-state index in [2.05, 4.69) is 5.32 Å². The summed E-state index contributed by atoms with van der Waals surface area (Å²) < 4.78 is 43.7. The second-order valence-electron chi connectivity index (χ2n) is 5.53. The van der Waals surface area contributed by atoms with E-state index in [0.717, 1.165) is 12.1 Å². The number of nitrogens with one attached hydrogen (secondary N) is 1. The van der Waals surface area contributed by atoms with Crippen LogP contribution in [0.2, 0.25) is 0 Å². The Labute approximate surface area is 143 Å². The molecule has 0 bridgehead atoms. The molecule has 0 aliphatic carbocycles. The Balaban J connectivity index is 2.20. The van der Waals surface area contributed by atoms with Crippen molar-refractivity contribution < 1.29 is 22.7 Å². The number of ether oxygens (including phenoxy) is 1. The van der Waals surface area contributed by atoms with Crippen molar-refractivity contribution in [1.82, 2.24) is 5.32 Å². The van der Waals surface area contributed by atoms with Crippen molar-refractivity contribution in [1.29, 1.82) is 0 Å². The molecule has 0 aliphatic heterocycles. The monoisotopic (exact) mass is 352 g/mol. The largest absolute Gasteiger partial charge is 0.416 e. The average Bonchev–Trinajstić information content (AvgIpc) is 2.60. The van der Waals surface area contributed by atoms with Crippen molar-refractivity contribution in [3.05, 3.63) is 71.3 Å². The number of halogens is 3. The van der Waals surface area contributed by atoms with Crippen molar-refractivity contribution in [2.75, 3.05) is 13.7 Å². The predicted molar refractivity (Wildman–Crippen MR) is 87.6 cm³/mol. The van der Waals surface area contributed by atoms with Crippen LogP contribution < -0.4 is 11.1 Å². The fourth-order valence-corrected chi connectivity index (χ4v) is 2.39. The number of benzene rings is 2. The highest BCUT2D eigenvalue weighted by molar-refractivity contribution is 5.83. The summed E-state index contributed by atoms with van der Waals surface area (Å²) in [7, 11) is 1.41. The van der Waals surface area contributed by atoms with E-state index in [1.165, 1.54) is 19.2 Å². The number of hydrogen-bond acceptors (Lipinski definition) is 3. The first-order chi connectivity index (χ1) is 11.8. The zero-order chi connectivity index (χ0) is 18.4. The summed E-state index contributed by atoms with van der Waals surface area (Å²) >= 11 is 0. The van der Waals surface area contributed by atoms with Crippen LogP contribution >= 0.6 is 0 Å². The van der Waals surface area contributed by atoms with Crippen LogP contribution in [0, 0.1) is 0 Å². The second kappa shape index (κ2) is 8.13. The molecule has 2 atom stereocenters. The summed E-state index contributed by atoms with van der Waals surface area (Å²) in [6, 6.07) is 11.8. The van der Waals surface area contributed by atoms with Crippen molar-refractivity contribution in [2.24, 2.45) is 5.73 Å². The van der Waals surface area contributed by atoms with Gasteiger partial charge in [-0.25, -0.2) is 0 Å². The molecule has 0 saturated carbocycles. The molecule has 2 aromatic carbocycles. The third-order valence-corrected chi connectivity index (χ3v) is 3.71. The second-order valence-corrected chi connectivity index (χ2v) is 5.53. The minimum absolute atomic E-state index is 0.0224. The van der Waals surface area contributed by atoms with E-state index in [4.69, 9.17) is 10.5 Å². The highest BCUT2D eigenvalue weighted by atomic mass is 19.4. The molecule has 2 rings (SSSR count). The molecule has 0 aromatic heterocycles. The number of carbonyl (C=O) groups excluding carboxylic acids is 1. The number of carbonyl (C=O) groups is 1. The summed E-state index contributed by atoms with van der Waals surface area (Å²) in [6.45, 7) is 0.0224. The van der Waals surface area contributed by atoms with Gasteiger partial charge < -0.3 is 15.8 Å². The van der Waals surface area contributed by atoms with Gasteiger partial charge >= 0.3 is 6.18 Å². The van der Waals surface area contributed by atoms with Crippen LogP contribution in [0.4, 0.5) is 13.2 Å². The number of rotatable bonds is 6. The third kappa shape index (κ3) is 5.04. The maximum Gasteiger partial charge on any atom is 0.416 e.